The van der Waals surface area contributed by atoms with Gasteiger partial charge in [-0.25, -0.2) is 14.4 Å². The van der Waals surface area contributed by atoms with E-state index in [0.717, 1.165) is 0 Å². The zero-order valence-electron chi connectivity index (χ0n) is 21.8. The van der Waals surface area contributed by atoms with Gasteiger partial charge < -0.3 is 28.2 Å². The number of hydrogen-bond acceptors (Lipinski definition) is 9. The maximum atomic E-state index is 11.1. The molecule has 0 rings (SSSR count). The molecule has 0 aliphatic carbocycles. The van der Waals surface area contributed by atoms with Crippen molar-refractivity contribution in [2.45, 2.75) is 47.0 Å². The quantitative estimate of drug-likeness (QED) is 0.0860. The summed E-state index contributed by atoms with van der Waals surface area (Å²) in [5.74, 6) is -1.33. The molecule has 0 aliphatic heterocycles. The van der Waals surface area contributed by atoms with Crippen molar-refractivity contribution in [2.24, 2.45) is 0 Å². The van der Waals surface area contributed by atoms with E-state index in [2.05, 4.69) is 24.5 Å². The number of aliphatic hydroxyl groups is 1. The van der Waals surface area contributed by atoms with Crippen LogP contribution >= 0.6 is 22.2 Å². The average molecular weight is 576 g/mol. The molecule has 9 nitrogen and oxygen atoms in total. The molecule has 0 saturated heterocycles. The Labute approximate surface area is 220 Å². The summed E-state index contributed by atoms with van der Waals surface area (Å²) in [6.07, 6.45) is 0. The second-order valence-corrected chi connectivity index (χ2v) is 20.2. The minimum atomic E-state index is -2.33. The van der Waals surface area contributed by atoms with Gasteiger partial charge in [-0.1, -0.05) is 19.7 Å². The fourth-order valence-corrected chi connectivity index (χ4v) is 2.63. The van der Waals surface area contributed by atoms with E-state index in [-0.39, 0.29) is 39.6 Å². The van der Waals surface area contributed by atoms with E-state index in [1.165, 1.54) is 0 Å². The van der Waals surface area contributed by atoms with Gasteiger partial charge in [-0.05, 0) is 47.0 Å². The van der Waals surface area contributed by atoms with Crippen molar-refractivity contribution in [1.82, 2.24) is 0 Å². The normalized spacial score (nSPS) is 10.5. The Morgan fingerprint density at radius 1 is 0.657 bits per heavy atom. The second-order valence-electron chi connectivity index (χ2n) is 7.90. The number of ether oxygens (including phenoxy) is 3. The average Bonchev–Trinajstić information content (AvgIpc) is 2.71. The smallest absolute Gasteiger partial charge is 0.333 e. The summed E-state index contributed by atoms with van der Waals surface area (Å²) in [4.78, 5) is 32.8. The summed E-state index contributed by atoms with van der Waals surface area (Å²) in [5, 5.41) is 8.19. The minimum Gasteiger partial charge on any atom is -0.460 e. The van der Waals surface area contributed by atoms with Gasteiger partial charge in [-0.3, -0.25) is 0 Å². The standard InChI is InChI=1S/C14H24O6Si.C6H10O3.C2H6Cl2Si/c1-11(2)13(15)17-7-9-19-21(5,6)20-10-8-18-14(16)12(3)4;1-5(2)6(8)9-4-3-7;1-5(2,3)4/h1,3,7-10H2,2,4-6H3;7H,1,3-4H2,2H3;1-2H3. The Morgan fingerprint density at radius 3 is 1.14 bits per heavy atom. The van der Waals surface area contributed by atoms with Gasteiger partial charge in [0, 0.05) is 16.7 Å². The largest absolute Gasteiger partial charge is 0.460 e. The highest BCUT2D eigenvalue weighted by molar-refractivity contribution is 7.44. The molecular weight excluding hydrogens is 535 g/mol. The van der Waals surface area contributed by atoms with Crippen LogP contribution in [0, 0.1) is 0 Å². The van der Waals surface area contributed by atoms with E-state index in [4.69, 9.17) is 45.6 Å². The fourth-order valence-electron chi connectivity index (χ4n) is 1.39. The van der Waals surface area contributed by atoms with Crippen LogP contribution in [0.2, 0.25) is 26.2 Å². The van der Waals surface area contributed by atoms with Crippen LogP contribution in [0.4, 0.5) is 0 Å². The van der Waals surface area contributed by atoms with E-state index in [1.54, 1.807) is 20.8 Å². The number of rotatable bonds is 13. The lowest BCUT2D eigenvalue weighted by Gasteiger charge is -2.22. The van der Waals surface area contributed by atoms with Crippen LogP contribution in [-0.4, -0.2) is 77.9 Å². The van der Waals surface area contributed by atoms with Crippen LogP contribution in [0.3, 0.4) is 0 Å². The molecule has 0 atom stereocenters. The van der Waals surface area contributed by atoms with Gasteiger partial charge in [-0.2, -0.15) is 0 Å². The molecule has 204 valence electrons. The Morgan fingerprint density at radius 2 is 0.914 bits per heavy atom. The number of hydrogen-bond donors (Lipinski definition) is 1. The van der Waals surface area contributed by atoms with Crippen LogP contribution in [-0.2, 0) is 37.4 Å². The first-order chi connectivity index (χ1) is 15.8. The Balaban J connectivity index is -0.000000598. The fraction of sp³-hybridized carbons (Fsp3) is 0.591. The van der Waals surface area contributed by atoms with Crippen molar-refractivity contribution in [1.29, 1.82) is 0 Å². The van der Waals surface area contributed by atoms with E-state index in [0.29, 0.717) is 16.7 Å². The molecule has 0 aromatic carbocycles. The summed E-state index contributed by atoms with van der Waals surface area (Å²) in [6, 6.07) is 0. The maximum absolute atomic E-state index is 11.1. The lowest BCUT2D eigenvalue weighted by atomic mass is 10.4. The van der Waals surface area contributed by atoms with Crippen molar-refractivity contribution in [3.05, 3.63) is 36.5 Å². The van der Waals surface area contributed by atoms with Crippen LogP contribution in [0.15, 0.2) is 36.5 Å². The molecule has 0 fully saturated rings. The third-order valence-corrected chi connectivity index (χ3v) is 4.70. The SMILES string of the molecule is C=C(C)C(=O)OCCO.C=C(C)C(=O)OCCO[Si](C)(C)OCCOC(=O)C(=C)C.C[Si](C)(Cl)Cl. The highest BCUT2D eigenvalue weighted by Crippen LogP contribution is 2.10. The molecule has 0 aromatic rings. The molecule has 0 spiro atoms. The van der Waals surface area contributed by atoms with Gasteiger partial charge in [0.2, 0.25) is 6.69 Å². The molecule has 0 aromatic heterocycles. The Kier molecular flexibility index (Phi) is 22.5. The number of carbonyl (C=O) groups excluding carboxylic acids is 3. The third kappa shape index (κ3) is 32.5. The van der Waals surface area contributed by atoms with Gasteiger partial charge in [0.15, 0.2) is 0 Å². The van der Waals surface area contributed by atoms with Crippen LogP contribution < -0.4 is 0 Å². The first-order valence-corrected chi connectivity index (χ1v) is 18.4. The molecule has 0 unspecified atom stereocenters. The predicted molar refractivity (Wildman–Crippen MR) is 143 cm³/mol. The highest BCUT2D eigenvalue weighted by atomic mass is 35.7. The Hall–Kier alpha value is -1.48. The monoisotopic (exact) mass is 574 g/mol. The lowest BCUT2D eigenvalue weighted by Crippen LogP contribution is -2.37. The molecule has 0 bridgehead atoms. The van der Waals surface area contributed by atoms with Gasteiger partial charge >= 0.3 is 26.5 Å². The van der Waals surface area contributed by atoms with E-state index < -0.39 is 33.2 Å². The molecule has 0 radical (unpaired) electrons. The van der Waals surface area contributed by atoms with Crippen molar-refractivity contribution < 1.29 is 42.6 Å². The van der Waals surface area contributed by atoms with Gasteiger partial charge in [0.1, 0.15) is 19.8 Å². The first kappa shape index (κ1) is 38.1. The summed E-state index contributed by atoms with van der Waals surface area (Å²) in [5.41, 5.74) is 1.05. The number of halogens is 2. The topological polar surface area (TPSA) is 118 Å². The molecule has 35 heavy (non-hydrogen) atoms. The molecule has 0 saturated carbocycles. The summed E-state index contributed by atoms with van der Waals surface area (Å²) < 4.78 is 25.4. The molecular formula is C22H40Cl2O9Si2. The predicted octanol–water partition coefficient (Wildman–Crippen LogP) is 4.22. The van der Waals surface area contributed by atoms with Crippen molar-refractivity contribution >= 4 is 55.3 Å². The number of esters is 3. The molecule has 0 amide bonds. The molecule has 0 heterocycles. The number of aliphatic hydroxyl groups excluding tert-OH is 1. The van der Waals surface area contributed by atoms with Gasteiger partial charge in [-0.15, -0.1) is 22.2 Å². The molecule has 0 aliphatic rings. The summed E-state index contributed by atoms with van der Waals surface area (Å²) in [6.45, 7) is 21.5. The van der Waals surface area contributed by atoms with Crippen molar-refractivity contribution in [3.63, 3.8) is 0 Å². The van der Waals surface area contributed by atoms with E-state index in [9.17, 15) is 14.4 Å². The lowest BCUT2D eigenvalue weighted by molar-refractivity contribution is -0.140. The summed E-state index contributed by atoms with van der Waals surface area (Å²) >= 11 is 10.9. The minimum absolute atomic E-state index is 0.0473. The van der Waals surface area contributed by atoms with Crippen molar-refractivity contribution in [2.75, 3.05) is 39.6 Å². The zero-order valence-corrected chi connectivity index (χ0v) is 25.3. The van der Waals surface area contributed by atoms with E-state index >= 15 is 0 Å². The molecule has 1 N–H and O–H groups in total. The Bertz CT molecular complexity index is 664. The van der Waals surface area contributed by atoms with Crippen molar-refractivity contribution in [3.8, 4) is 0 Å². The third-order valence-electron chi connectivity index (χ3n) is 2.90. The van der Waals surface area contributed by atoms with Gasteiger partial charge in [0.25, 0.3) is 0 Å². The highest BCUT2D eigenvalue weighted by Gasteiger charge is 2.24. The second kappa shape index (κ2) is 20.7. The number of carbonyl (C=O) groups is 3. The maximum Gasteiger partial charge on any atom is 0.333 e. The van der Waals surface area contributed by atoms with E-state index in [1.807, 2.05) is 26.2 Å². The van der Waals surface area contributed by atoms with Crippen LogP contribution in [0.25, 0.3) is 0 Å². The zero-order chi connectivity index (χ0) is 28.2. The molecule has 13 heteroatoms. The van der Waals surface area contributed by atoms with Crippen LogP contribution in [0.1, 0.15) is 20.8 Å². The summed E-state index contributed by atoms with van der Waals surface area (Å²) in [7, 11) is -2.33. The first-order valence-electron chi connectivity index (χ1n) is 10.6. The van der Waals surface area contributed by atoms with Crippen LogP contribution in [0.5, 0.6) is 0 Å². The van der Waals surface area contributed by atoms with Gasteiger partial charge in [0.05, 0.1) is 19.8 Å².